The lowest BCUT2D eigenvalue weighted by Gasteiger charge is -2.56. The molecule has 1 amide bonds. The van der Waals surface area contributed by atoms with Crippen LogP contribution in [0.2, 0.25) is 0 Å². The summed E-state index contributed by atoms with van der Waals surface area (Å²) >= 11 is 0. The van der Waals surface area contributed by atoms with Crippen molar-refractivity contribution < 1.29 is 4.79 Å². The Morgan fingerprint density at radius 2 is 1.76 bits per heavy atom. The zero-order chi connectivity index (χ0) is 12.0. The predicted octanol–water partition coefficient (Wildman–Crippen LogP) is 1.80. The van der Waals surface area contributed by atoms with Crippen LogP contribution in [-0.2, 0) is 4.79 Å². The lowest BCUT2D eigenvalue weighted by Crippen LogP contribution is -2.69. The highest BCUT2D eigenvalue weighted by Crippen LogP contribution is 2.34. The van der Waals surface area contributed by atoms with Gasteiger partial charge in [-0.3, -0.25) is 4.79 Å². The lowest BCUT2D eigenvalue weighted by molar-refractivity contribution is -0.143. The molecule has 2 unspecified atom stereocenters. The van der Waals surface area contributed by atoms with Crippen LogP contribution in [0.1, 0.15) is 18.9 Å². The van der Waals surface area contributed by atoms with Crippen LogP contribution in [0.25, 0.3) is 0 Å². The molecule has 0 aromatic heterocycles. The molecule has 3 heteroatoms. The van der Waals surface area contributed by atoms with Gasteiger partial charge in [0, 0.05) is 25.7 Å². The van der Waals surface area contributed by atoms with Gasteiger partial charge in [0.2, 0.25) is 5.91 Å². The van der Waals surface area contributed by atoms with E-state index in [2.05, 4.69) is 36.1 Å². The number of carbonyl (C=O) groups is 1. The van der Waals surface area contributed by atoms with E-state index in [9.17, 15) is 4.79 Å². The molecule has 3 aliphatic heterocycles. The Morgan fingerprint density at radius 1 is 1.18 bits per heavy atom. The highest BCUT2D eigenvalue weighted by Gasteiger charge is 2.45. The third-order valence-corrected chi connectivity index (χ3v) is 3.96. The molecule has 1 aromatic rings. The molecule has 2 atom stereocenters. The van der Waals surface area contributed by atoms with Crippen molar-refractivity contribution in [2.75, 3.05) is 18.0 Å². The summed E-state index contributed by atoms with van der Waals surface area (Å²) in [4.78, 5) is 15.9. The number of anilines is 1. The largest absolute Gasteiger partial charge is 0.367 e. The Hall–Kier alpha value is -1.51. The molecule has 3 heterocycles. The summed E-state index contributed by atoms with van der Waals surface area (Å²) in [5, 5.41) is 0. The van der Waals surface area contributed by atoms with Crippen molar-refractivity contribution in [1.82, 2.24) is 4.90 Å². The molecule has 1 aromatic carbocycles. The first-order chi connectivity index (χ1) is 8.15. The second kappa shape index (κ2) is 3.76. The van der Waals surface area contributed by atoms with E-state index in [1.54, 1.807) is 6.92 Å². The molecule has 3 nitrogen and oxygen atoms in total. The van der Waals surface area contributed by atoms with Gasteiger partial charge >= 0.3 is 0 Å². The monoisotopic (exact) mass is 230 g/mol. The number of amides is 1. The SMILES string of the molecule is CC(=O)N1C2CC1CN(c1ccc(C)cc1)C2. The number of rotatable bonds is 1. The summed E-state index contributed by atoms with van der Waals surface area (Å²) in [6, 6.07) is 9.53. The topological polar surface area (TPSA) is 23.6 Å². The fourth-order valence-corrected chi connectivity index (χ4v) is 3.09. The normalized spacial score (nSPS) is 26.7. The highest BCUT2D eigenvalue weighted by atomic mass is 16.2. The molecule has 17 heavy (non-hydrogen) atoms. The van der Waals surface area contributed by atoms with Crippen molar-refractivity contribution in [3.05, 3.63) is 29.8 Å². The zero-order valence-corrected chi connectivity index (χ0v) is 10.4. The average molecular weight is 230 g/mol. The van der Waals surface area contributed by atoms with Crippen LogP contribution in [0.3, 0.4) is 0 Å². The second-order valence-corrected chi connectivity index (χ2v) is 5.21. The van der Waals surface area contributed by atoms with E-state index >= 15 is 0 Å². The third kappa shape index (κ3) is 1.70. The number of hydrogen-bond acceptors (Lipinski definition) is 2. The molecule has 0 N–H and O–H groups in total. The predicted molar refractivity (Wildman–Crippen MR) is 68.1 cm³/mol. The fraction of sp³-hybridized carbons (Fsp3) is 0.500. The second-order valence-electron chi connectivity index (χ2n) is 5.21. The molecule has 3 saturated heterocycles. The van der Waals surface area contributed by atoms with Gasteiger partial charge in [0.15, 0.2) is 0 Å². The summed E-state index contributed by atoms with van der Waals surface area (Å²) < 4.78 is 0. The van der Waals surface area contributed by atoms with Gasteiger partial charge in [0.1, 0.15) is 0 Å². The van der Waals surface area contributed by atoms with Crippen molar-refractivity contribution >= 4 is 11.6 Å². The van der Waals surface area contributed by atoms with E-state index in [1.807, 2.05) is 4.90 Å². The van der Waals surface area contributed by atoms with Crippen LogP contribution in [0.5, 0.6) is 0 Å². The van der Waals surface area contributed by atoms with Crippen molar-refractivity contribution in [1.29, 1.82) is 0 Å². The van der Waals surface area contributed by atoms with E-state index in [1.165, 1.54) is 17.7 Å². The first-order valence-electron chi connectivity index (χ1n) is 6.25. The lowest BCUT2D eigenvalue weighted by atomic mass is 9.87. The fourth-order valence-electron chi connectivity index (χ4n) is 3.09. The van der Waals surface area contributed by atoms with Gasteiger partial charge < -0.3 is 9.80 Å². The Morgan fingerprint density at radius 3 is 2.29 bits per heavy atom. The van der Waals surface area contributed by atoms with E-state index in [-0.39, 0.29) is 5.91 Å². The molecular weight excluding hydrogens is 212 g/mol. The number of nitrogens with zero attached hydrogens (tertiary/aromatic N) is 2. The maximum Gasteiger partial charge on any atom is 0.220 e. The van der Waals surface area contributed by atoms with Gasteiger partial charge in [-0.05, 0) is 25.5 Å². The molecule has 0 aliphatic carbocycles. The van der Waals surface area contributed by atoms with E-state index < -0.39 is 0 Å². The van der Waals surface area contributed by atoms with E-state index in [0.29, 0.717) is 12.1 Å². The van der Waals surface area contributed by atoms with Gasteiger partial charge in [-0.15, -0.1) is 0 Å². The van der Waals surface area contributed by atoms with Crippen LogP contribution in [0.15, 0.2) is 24.3 Å². The van der Waals surface area contributed by atoms with Crippen molar-refractivity contribution in [2.24, 2.45) is 0 Å². The van der Waals surface area contributed by atoms with Gasteiger partial charge in [0.05, 0.1) is 12.1 Å². The summed E-state index contributed by atoms with van der Waals surface area (Å²) in [6.45, 7) is 5.76. The maximum absolute atomic E-state index is 11.4. The molecule has 3 aliphatic rings. The highest BCUT2D eigenvalue weighted by molar-refractivity contribution is 5.75. The molecule has 0 spiro atoms. The standard InChI is InChI=1S/C14H18N2O/c1-10-3-5-12(6-4-10)15-8-13-7-14(9-15)16(13)11(2)17/h3-6,13-14H,7-9H2,1-2H3. The Balaban J connectivity index is 1.74. The van der Waals surface area contributed by atoms with Crippen molar-refractivity contribution in [2.45, 2.75) is 32.4 Å². The molecule has 2 bridgehead atoms. The number of piperazine rings is 1. The van der Waals surface area contributed by atoms with Crippen LogP contribution in [-0.4, -0.2) is 36.0 Å². The van der Waals surface area contributed by atoms with Crippen LogP contribution in [0.4, 0.5) is 5.69 Å². The Bertz CT molecular complexity index is 428. The summed E-state index contributed by atoms with van der Waals surface area (Å²) in [7, 11) is 0. The van der Waals surface area contributed by atoms with Crippen LogP contribution in [0, 0.1) is 6.92 Å². The molecule has 3 fully saturated rings. The van der Waals surface area contributed by atoms with Crippen LogP contribution >= 0.6 is 0 Å². The van der Waals surface area contributed by atoms with E-state index in [0.717, 1.165) is 13.1 Å². The number of hydrogen-bond donors (Lipinski definition) is 0. The van der Waals surface area contributed by atoms with Gasteiger partial charge in [0.25, 0.3) is 0 Å². The summed E-state index contributed by atoms with van der Waals surface area (Å²) in [6.07, 6.45) is 1.18. The van der Waals surface area contributed by atoms with Gasteiger partial charge in [-0.1, -0.05) is 17.7 Å². The van der Waals surface area contributed by atoms with Crippen molar-refractivity contribution in [3.8, 4) is 0 Å². The minimum absolute atomic E-state index is 0.231. The number of fused-ring (bicyclic) bond motifs is 2. The number of carbonyl (C=O) groups excluding carboxylic acids is 1. The van der Waals surface area contributed by atoms with Crippen LogP contribution < -0.4 is 4.90 Å². The van der Waals surface area contributed by atoms with Gasteiger partial charge in [-0.25, -0.2) is 0 Å². The number of aryl methyl sites for hydroxylation is 1. The average Bonchev–Trinajstić information content (AvgIpc) is 2.29. The molecular formula is C14H18N2O. The summed E-state index contributed by atoms with van der Waals surface area (Å²) in [5.74, 6) is 0.231. The molecule has 4 rings (SSSR count). The first-order valence-corrected chi connectivity index (χ1v) is 6.25. The number of benzene rings is 1. The minimum Gasteiger partial charge on any atom is -0.367 e. The zero-order valence-electron chi connectivity index (χ0n) is 10.4. The number of piperidine rings is 1. The Labute approximate surface area is 102 Å². The third-order valence-electron chi connectivity index (χ3n) is 3.96. The molecule has 90 valence electrons. The molecule has 0 saturated carbocycles. The summed E-state index contributed by atoms with van der Waals surface area (Å²) in [5.41, 5.74) is 2.58. The maximum atomic E-state index is 11.4. The molecule has 0 radical (unpaired) electrons. The van der Waals surface area contributed by atoms with E-state index in [4.69, 9.17) is 0 Å². The quantitative estimate of drug-likeness (QED) is 0.734. The smallest absolute Gasteiger partial charge is 0.220 e. The van der Waals surface area contributed by atoms with Gasteiger partial charge in [-0.2, -0.15) is 0 Å². The van der Waals surface area contributed by atoms with Crippen molar-refractivity contribution in [3.63, 3.8) is 0 Å². The minimum atomic E-state index is 0.231. The Kier molecular flexibility index (Phi) is 2.35. The first kappa shape index (κ1) is 10.6.